The zero-order chi connectivity index (χ0) is 16.9. The Morgan fingerprint density at radius 2 is 1.39 bits per heavy atom. The lowest BCUT2D eigenvalue weighted by Crippen LogP contribution is -2.54. The first-order valence-electron chi connectivity index (χ1n) is 7.87. The summed E-state index contributed by atoms with van der Waals surface area (Å²) in [6.07, 6.45) is 1.05. The van der Waals surface area contributed by atoms with E-state index in [4.69, 9.17) is 4.55 Å². The minimum atomic E-state index is -6.18. The predicted octanol–water partition coefficient (Wildman–Crippen LogP) is 2.39. The maximum absolute atomic E-state index is 14.3. The highest BCUT2D eigenvalue weighted by atomic mass is 32.2. The van der Waals surface area contributed by atoms with Gasteiger partial charge in [-0.05, 0) is 61.2 Å². The summed E-state index contributed by atoms with van der Waals surface area (Å²) in [7, 11) is -6.18. The Hall–Kier alpha value is -0.410. The van der Waals surface area contributed by atoms with Crippen LogP contribution in [0.5, 0.6) is 0 Å². The molecule has 4 fully saturated rings. The van der Waals surface area contributed by atoms with Crippen LogP contribution in [0.2, 0.25) is 0 Å². The summed E-state index contributed by atoms with van der Waals surface area (Å²) in [6, 6.07) is 0. The largest absolute Gasteiger partial charge is 0.431 e. The standard InChI is InChI=1S/C14H18F4O4S/c15-13(16,14(17,18)23(20,21)22)9-3-5-1-7(9)11-6-2-8(12(5)11)10(19)4-6/h5-12,19H,1-4H2,(H,20,21,22). The van der Waals surface area contributed by atoms with Gasteiger partial charge in [-0.1, -0.05) is 0 Å². The van der Waals surface area contributed by atoms with E-state index in [1.807, 2.05) is 0 Å². The van der Waals surface area contributed by atoms with Gasteiger partial charge in [0.2, 0.25) is 0 Å². The van der Waals surface area contributed by atoms with E-state index >= 15 is 0 Å². The fourth-order valence-corrected chi connectivity index (χ4v) is 6.87. The van der Waals surface area contributed by atoms with Crippen LogP contribution in [0.15, 0.2) is 0 Å². The van der Waals surface area contributed by atoms with Crippen LogP contribution in [-0.4, -0.2) is 35.4 Å². The van der Waals surface area contributed by atoms with Crippen molar-refractivity contribution in [1.82, 2.24) is 0 Å². The highest BCUT2D eigenvalue weighted by Crippen LogP contribution is 2.71. The third-order valence-electron chi connectivity index (χ3n) is 6.96. The molecule has 9 heteroatoms. The third-order valence-corrected chi connectivity index (χ3v) is 7.88. The Labute approximate surface area is 131 Å². The van der Waals surface area contributed by atoms with Crippen molar-refractivity contribution in [3.8, 4) is 0 Å². The van der Waals surface area contributed by atoms with Crippen molar-refractivity contribution in [2.24, 2.45) is 41.4 Å². The van der Waals surface area contributed by atoms with Crippen molar-refractivity contribution >= 4 is 10.1 Å². The van der Waals surface area contributed by atoms with E-state index < -0.39 is 39.2 Å². The fraction of sp³-hybridized carbons (Fsp3) is 1.00. The average Bonchev–Trinajstić information content (AvgIpc) is 3.13. The molecule has 0 saturated heterocycles. The van der Waals surface area contributed by atoms with Crippen LogP contribution in [0.25, 0.3) is 0 Å². The van der Waals surface area contributed by atoms with Gasteiger partial charge < -0.3 is 5.11 Å². The quantitative estimate of drug-likeness (QED) is 0.462. The van der Waals surface area contributed by atoms with Crippen molar-refractivity contribution in [3.05, 3.63) is 0 Å². The number of alkyl halides is 4. The first kappa shape index (κ1) is 16.1. The predicted molar refractivity (Wildman–Crippen MR) is 70.3 cm³/mol. The molecule has 4 aliphatic rings. The van der Waals surface area contributed by atoms with Gasteiger partial charge in [-0.3, -0.25) is 4.55 Å². The van der Waals surface area contributed by atoms with Gasteiger partial charge in [0.15, 0.2) is 0 Å². The molecule has 8 atom stereocenters. The van der Waals surface area contributed by atoms with Crippen LogP contribution < -0.4 is 0 Å². The number of rotatable bonds is 3. The number of fused-ring (bicyclic) bond motifs is 9. The highest BCUT2D eigenvalue weighted by Gasteiger charge is 2.75. The summed E-state index contributed by atoms with van der Waals surface area (Å²) in [5, 5.41) is 4.51. The molecule has 2 N–H and O–H groups in total. The first-order valence-corrected chi connectivity index (χ1v) is 9.31. The van der Waals surface area contributed by atoms with E-state index in [1.54, 1.807) is 0 Å². The molecular weight excluding hydrogens is 340 g/mol. The van der Waals surface area contributed by atoms with Crippen LogP contribution in [0.4, 0.5) is 17.6 Å². The Morgan fingerprint density at radius 1 is 0.870 bits per heavy atom. The molecule has 0 heterocycles. The second kappa shape index (κ2) is 4.40. The molecule has 4 bridgehead atoms. The van der Waals surface area contributed by atoms with Gasteiger partial charge >= 0.3 is 21.3 Å². The SMILES string of the molecule is O=S(=O)(O)C(F)(F)C(F)(F)C1CC2CC1C1C3CC(O)C(C3)C21. The normalized spacial score (nSPS) is 49.0. The molecule has 0 aromatic carbocycles. The number of aliphatic hydroxyl groups excluding tert-OH is 1. The number of hydrogen-bond acceptors (Lipinski definition) is 3. The van der Waals surface area contributed by atoms with Crippen LogP contribution in [-0.2, 0) is 10.1 Å². The number of hydrogen-bond donors (Lipinski definition) is 2. The van der Waals surface area contributed by atoms with Crippen LogP contribution in [0, 0.1) is 41.4 Å². The van der Waals surface area contributed by atoms with Crippen molar-refractivity contribution in [1.29, 1.82) is 0 Å². The lowest BCUT2D eigenvalue weighted by Gasteiger charge is -2.43. The van der Waals surface area contributed by atoms with Gasteiger partial charge in [-0.2, -0.15) is 26.0 Å². The molecule has 0 aliphatic heterocycles. The Morgan fingerprint density at radius 3 is 2.00 bits per heavy atom. The molecule has 8 unspecified atom stereocenters. The van der Waals surface area contributed by atoms with Crippen molar-refractivity contribution in [3.63, 3.8) is 0 Å². The van der Waals surface area contributed by atoms with E-state index in [0.29, 0.717) is 12.8 Å². The summed E-state index contributed by atoms with van der Waals surface area (Å²) in [5.41, 5.74) is 0. The zero-order valence-corrected chi connectivity index (χ0v) is 12.9. The van der Waals surface area contributed by atoms with E-state index in [1.165, 1.54) is 0 Å². The molecule has 4 saturated carbocycles. The highest BCUT2D eigenvalue weighted by molar-refractivity contribution is 7.87. The lowest BCUT2D eigenvalue weighted by atomic mass is 9.65. The van der Waals surface area contributed by atoms with Gasteiger partial charge in [0.25, 0.3) is 0 Å². The van der Waals surface area contributed by atoms with Gasteiger partial charge in [0.05, 0.1) is 6.10 Å². The van der Waals surface area contributed by atoms with Crippen LogP contribution in [0.1, 0.15) is 25.7 Å². The molecule has 4 rings (SSSR count). The molecule has 0 aromatic heterocycles. The topological polar surface area (TPSA) is 74.6 Å². The minimum absolute atomic E-state index is 0.0629. The molecular formula is C14H18F4O4S. The maximum Gasteiger partial charge on any atom is 0.431 e. The lowest BCUT2D eigenvalue weighted by molar-refractivity contribution is -0.210. The van der Waals surface area contributed by atoms with Crippen LogP contribution >= 0.6 is 0 Å². The maximum atomic E-state index is 14.3. The Kier molecular flexibility index (Phi) is 3.08. The van der Waals surface area contributed by atoms with Crippen molar-refractivity contribution in [2.75, 3.05) is 0 Å². The van der Waals surface area contributed by atoms with Gasteiger partial charge in [0, 0.05) is 5.92 Å². The summed E-state index contributed by atoms with van der Waals surface area (Å²) in [6.45, 7) is 0. The summed E-state index contributed by atoms with van der Waals surface area (Å²) < 4.78 is 86.0. The van der Waals surface area contributed by atoms with Gasteiger partial charge in [-0.25, -0.2) is 0 Å². The van der Waals surface area contributed by atoms with Gasteiger partial charge in [0.1, 0.15) is 0 Å². The second-order valence-corrected chi connectivity index (χ2v) is 9.20. The third kappa shape index (κ3) is 1.81. The minimum Gasteiger partial charge on any atom is -0.393 e. The molecule has 4 aliphatic carbocycles. The molecule has 132 valence electrons. The fourth-order valence-electron chi connectivity index (χ4n) is 6.37. The molecule has 0 spiro atoms. The number of aliphatic hydroxyl groups is 1. The average molecular weight is 358 g/mol. The zero-order valence-electron chi connectivity index (χ0n) is 12.1. The molecule has 0 amide bonds. The van der Waals surface area contributed by atoms with Gasteiger partial charge in [-0.15, -0.1) is 0 Å². The number of halogens is 4. The monoisotopic (exact) mass is 358 g/mol. The second-order valence-electron chi connectivity index (χ2n) is 7.73. The van der Waals surface area contributed by atoms with Crippen molar-refractivity contribution in [2.45, 2.75) is 43.0 Å². The van der Waals surface area contributed by atoms with Crippen LogP contribution in [0.3, 0.4) is 0 Å². The molecule has 0 radical (unpaired) electrons. The summed E-state index contributed by atoms with van der Waals surface area (Å²) in [4.78, 5) is 0. The van der Waals surface area contributed by atoms with Crippen molar-refractivity contribution < 1.29 is 35.6 Å². The first-order chi connectivity index (χ1) is 10.5. The molecule has 0 aromatic rings. The van der Waals surface area contributed by atoms with E-state index in [2.05, 4.69) is 0 Å². The molecule has 23 heavy (non-hydrogen) atoms. The summed E-state index contributed by atoms with van der Waals surface area (Å²) >= 11 is 0. The Bertz CT molecular complexity index is 637. The van der Waals surface area contributed by atoms with E-state index in [-0.39, 0.29) is 36.0 Å². The smallest absolute Gasteiger partial charge is 0.393 e. The van der Waals surface area contributed by atoms with E-state index in [0.717, 1.165) is 6.42 Å². The molecule has 4 nitrogen and oxygen atoms in total. The van der Waals surface area contributed by atoms with E-state index in [9.17, 15) is 31.1 Å². The Balaban J connectivity index is 1.65. The summed E-state index contributed by atoms with van der Waals surface area (Å²) in [5.74, 6) is -7.24.